The van der Waals surface area contributed by atoms with Gasteiger partial charge in [0.1, 0.15) is 5.75 Å². The predicted octanol–water partition coefficient (Wildman–Crippen LogP) is 5.05. The minimum absolute atomic E-state index is 0.0888. The summed E-state index contributed by atoms with van der Waals surface area (Å²) < 4.78 is 8.17. The first kappa shape index (κ1) is 20.2. The zero-order valence-corrected chi connectivity index (χ0v) is 17.9. The summed E-state index contributed by atoms with van der Waals surface area (Å²) in [5, 5.41) is 7.81. The third kappa shape index (κ3) is 4.90. The molecular weight excluding hydrogens is 374 g/mol. The van der Waals surface area contributed by atoms with Gasteiger partial charge in [-0.3, -0.25) is 4.79 Å². The van der Waals surface area contributed by atoms with E-state index in [1.165, 1.54) is 18.4 Å². The van der Waals surface area contributed by atoms with Crippen molar-refractivity contribution >= 4 is 5.91 Å². The summed E-state index contributed by atoms with van der Waals surface area (Å²) in [7, 11) is 0. The van der Waals surface area contributed by atoms with Gasteiger partial charge in [-0.1, -0.05) is 29.8 Å². The first-order valence-corrected chi connectivity index (χ1v) is 10.7. The van der Waals surface area contributed by atoms with Gasteiger partial charge < -0.3 is 10.1 Å². The molecule has 0 atom stereocenters. The highest BCUT2D eigenvalue weighted by Crippen LogP contribution is 2.32. The van der Waals surface area contributed by atoms with E-state index in [0.717, 1.165) is 34.8 Å². The standard InChI is InChI=1S/C25H29N3O2/c1-17-7-11-22(12-8-17)30-25-23(13-14-24(29)26-16-20-9-10-20)19(3)27-28(25)21-6-4-5-18(2)15-21/h4-8,11-12,15,20H,9-10,13-14,16H2,1-3H3,(H,26,29). The fourth-order valence-electron chi connectivity index (χ4n) is 3.49. The maximum atomic E-state index is 12.3. The van der Waals surface area contributed by atoms with Crippen LogP contribution in [0, 0.1) is 26.7 Å². The molecule has 1 saturated carbocycles. The molecule has 1 N–H and O–H groups in total. The van der Waals surface area contributed by atoms with Crippen molar-refractivity contribution in [1.82, 2.24) is 15.1 Å². The van der Waals surface area contributed by atoms with Gasteiger partial charge in [-0.25, -0.2) is 4.68 Å². The molecule has 1 aliphatic carbocycles. The van der Waals surface area contributed by atoms with E-state index in [-0.39, 0.29) is 5.91 Å². The van der Waals surface area contributed by atoms with Crippen LogP contribution in [0.1, 0.15) is 41.6 Å². The van der Waals surface area contributed by atoms with Gasteiger partial charge in [0.2, 0.25) is 11.8 Å². The molecule has 1 fully saturated rings. The van der Waals surface area contributed by atoms with E-state index in [2.05, 4.69) is 31.3 Å². The average Bonchev–Trinajstić information content (AvgIpc) is 3.51. The van der Waals surface area contributed by atoms with Crippen LogP contribution in [-0.4, -0.2) is 22.2 Å². The molecule has 0 bridgehead atoms. The summed E-state index contributed by atoms with van der Waals surface area (Å²) in [4.78, 5) is 12.3. The second-order valence-electron chi connectivity index (χ2n) is 8.28. The zero-order chi connectivity index (χ0) is 21.1. The molecule has 0 spiro atoms. The summed E-state index contributed by atoms with van der Waals surface area (Å²) >= 11 is 0. The Hall–Kier alpha value is -3.08. The predicted molar refractivity (Wildman–Crippen MR) is 118 cm³/mol. The Morgan fingerprint density at radius 3 is 2.57 bits per heavy atom. The molecule has 5 nitrogen and oxygen atoms in total. The Morgan fingerprint density at radius 1 is 1.10 bits per heavy atom. The van der Waals surface area contributed by atoms with Crippen LogP contribution in [0.2, 0.25) is 0 Å². The quantitative estimate of drug-likeness (QED) is 0.573. The highest BCUT2D eigenvalue weighted by Gasteiger charge is 2.23. The number of carbonyl (C=O) groups is 1. The average molecular weight is 404 g/mol. The summed E-state index contributed by atoms with van der Waals surface area (Å²) in [6.07, 6.45) is 3.49. The Morgan fingerprint density at radius 2 is 1.87 bits per heavy atom. The second-order valence-corrected chi connectivity index (χ2v) is 8.28. The SMILES string of the molecule is Cc1ccc(Oc2c(CCC(=O)NCC3CC3)c(C)nn2-c2cccc(C)c2)cc1. The number of aryl methyl sites for hydroxylation is 3. The molecule has 1 aliphatic rings. The number of hydrogen-bond donors (Lipinski definition) is 1. The van der Waals surface area contributed by atoms with Crippen molar-refractivity contribution in [2.24, 2.45) is 5.92 Å². The molecule has 156 valence electrons. The fourth-order valence-corrected chi connectivity index (χ4v) is 3.49. The molecule has 1 heterocycles. The van der Waals surface area contributed by atoms with Crippen LogP contribution in [0.5, 0.6) is 11.6 Å². The van der Waals surface area contributed by atoms with Gasteiger partial charge in [-0.15, -0.1) is 0 Å². The van der Waals surface area contributed by atoms with E-state index in [1.54, 1.807) is 0 Å². The van der Waals surface area contributed by atoms with Crippen LogP contribution < -0.4 is 10.1 Å². The molecule has 0 saturated heterocycles. The van der Waals surface area contributed by atoms with E-state index < -0.39 is 0 Å². The smallest absolute Gasteiger partial charge is 0.226 e. The molecule has 0 unspecified atom stereocenters. The normalized spacial score (nSPS) is 13.3. The highest BCUT2D eigenvalue weighted by molar-refractivity contribution is 5.76. The van der Waals surface area contributed by atoms with Gasteiger partial charge in [0, 0.05) is 18.5 Å². The third-order valence-corrected chi connectivity index (χ3v) is 5.51. The van der Waals surface area contributed by atoms with E-state index in [9.17, 15) is 4.79 Å². The van der Waals surface area contributed by atoms with Crippen LogP contribution >= 0.6 is 0 Å². The number of rotatable bonds is 8. The zero-order valence-electron chi connectivity index (χ0n) is 17.9. The number of nitrogens with zero attached hydrogens (tertiary/aromatic N) is 2. The molecule has 30 heavy (non-hydrogen) atoms. The van der Waals surface area contributed by atoms with Gasteiger partial charge in [0.05, 0.1) is 11.4 Å². The van der Waals surface area contributed by atoms with E-state index >= 15 is 0 Å². The third-order valence-electron chi connectivity index (χ3n) is 5.51. The van der Waals surface area contributed by atoms with Crippen LogP contribution in [0.15, 0.2) is 48.5 Å². The summed E-state index contributed by atoms with van der Waals surface area (Å²) in [5.74, 6) is 2.21. The van der Waals surface area contributed by atoms with E-state index in [1.807, 2.05) is 48.0 Å². The number of amides is 1. The summed E-state index contributed by atoms with van der Waals surface area (Å²) in [6.45, 7) is 6.89. The summed E-state index contributed by atoms with van der Waals surface area (Å²) in [5.41, 5.74) is 5.14. The number of carbonyl (C=O) groups excluding carboxylic acids is 1. The monoisotopic (exact) mass is 403 g/mol. The maximum absolute atomic E-state index is 12.3. The lowest BCUT2D eigenvalue weighted by molar-refractivity contribution is -0.121. The number of nitrogens with one attached hydrogen (secondary N) is 1. The fraction of sp³-hybridized carbons (Fsp3) is 0.360. The molecular formula is C25H29N3O2. The van der Waals surface area contributed by atoms with Crippen LogP contribution in [0.3, 0.4) is 0 Å². The number of aromatic nitrogens is 2. The molecule has 0 radical (unpaired) electrons. The van der Waals surface area contributed by atoms with Gasteiger partial charge in [-0.2, -0.15) is 5.10 Å². The molecule has 4 rings (SSSR count). The molecule has 0 aliphatic heterocycles. The Balaban J connectivity index is 1.61. The van der Waals surface area contributed by atoms with Crippen molar-refractivity contribution in [3.63, 3.8) is 0 Å². The maximum Gasteiger partial charge on any atom is 0.226 e. The van der Waals surface area contributed by atoms with Crippen molar-refractivity contribution in [3.8, 4) is 17.3 Å². The van der Waals surface area contributed by atoms with Crippen molar-refractivity contribution in [3.05, 3.63) is 70.9 Å². The molecule has 3 aromatic rings. The van der Waals surface area contributed by atoms with E-state index in [4.69, 9.17) is 9.84 Å². The number of ether oxygens (including phenoxy) is 1. The minimum Gasteiger partial charge on any atom is -0.439 e. The van der Waals surface area contributed by atoms with Gasteiger partial charge in [0.25, 0.3) is 0 Å². The molecule has 2 aromatic carbocycles. The Bertz CT molecular complexity index is 1030. The largest absolute Gasteiger partial charge is 0.439 e. The first-order valence-electron chi connectivity index (χ1n) is 10.7. The van der Waals surface area contributed by atoms with Crippen LogP contribution in [0.4, 0.5) is 0 Å². The topological polar surface area (TPSA) is 56.1 Å². The minimum atomic E-state index is 0.0888. The van der Waals surface area contributed by atoms with Gasteiger partial charge in [-0.05, 0) is 75.8 Å². The van der Waals surface area contributed by atoms with Crippen molar-refractivity contribution in [2.45, 2.75) is 46.5 Å². The van der Waals surface area contributed by atoms with Gasteiger partial charge in [0.15, 0.2) is 0 Å². The number of benzene rings is 2. The molecule has 1 aromatic heterocycles. The number of hydrogen-bond acceptors (Lipinski definition) is 3. The lowest BCUT2D eigenvalue weighted by atomic mass is 10.1. The van der Waals surface area contributed by atoms with E-state index in [0.29, 0.717) is 24.6 Å². The lowest BCUT2D eigenvalue weighted by Gasteiger charge is -2.12. The highest BCUT2D eigenvalue weighted by atomic mass is 16.5. The van der Waals surface area contributed by atoms with Crippen molar-refractivity contribution < 1.29 is 9.53 Å². The Labute approximate surface area is 178 Å². The van der Waals surface area contributed by atoms with Crippen molar-refractivity contribution in [2.75, 3.05) is 6.54 Å². The Kier molecular flexibility index (Phi) is 5.88. The first-order chi connectivity index (χ1) is 14.5. The lowest BCUT2D eigenvalue weighted by Crippen LogP contribution is -2.25. The van der Waals surface area contributed by atoms with Crippen LogP contribution in [0.25, 0.3) is 5.69 Å². The molecule has 1 amide bonds. The molecule has 5 heteroatoms. The van der Waals surface area contributed by atoms with Crippen molar-refractivity contribution in [1.29, 1.82) is 0 Å². The van der Waals surface area contributed by atoms with Crippen LogP contribution in [-0.2, 0) is 11.2 Å². The van der Waals surface area contributed by atoms with Gasteiger partial charge >= 0.3 is 0 Å². The summed E-state index contributed by atoms with van der Waals surface area (Å²) in [6, 6.07) is 16.2. The second kappa shape index (κ2) is 8.74.